The van der Waals surface area contributed by atoms with Crippen LogP contribution in [0.5, 0.6) is 0 Å². The fourth-order valence-electron chi connectivity index (χ4n) is 1.22. The van der Waals surface area contributed by atoms with Gasteiger partial charge < -0.3 is 4.43 Å². The first-order valence-corrected chi connectivity index (χ1v) is 5.27. The lowest BCUT2D eigenvalue weighted by Gasteiger charge is -2.06. The van der Waals surface area contributed by atoms with Crippen molar-refractivity contribution in [2.45, 2.75) is 6.92 Å². The Bertz CT molecular complexity index is 281. The number of allylic oxidation sites excluding steroid dienone is 1. The normalized spacial score (nSPS) is 10.8. The van der Waals surface area contributed by atoms with E-state index < -0.39 is 9.76 Å². The maximum absolute atomic E-state index is 5.22. The van der Waals surface area contributed by atoms with Crippen molar-refractivity contribution in [2.75, 3.05) is 7.11 Å². The van der Waals surface area contributed by atoms with E-state index >= 15 is 0 Å². The average Bonchev–Trinajstić information content (AvgIpc) is 2.05. The molecule has 0 saturated carbocycles. The van der Waals surface area contributed by atoms with E-state index in [9.17, 15) is 0 Å². The van der Waals surface area contributed by atoms with Crippen LogP contribution in [-0.4, -0.2) is 16.9 Å². The van der Waals surface area contributed by atoms with E-state index in [0.717, 1.165) is 5.57 Å². The Labute approximate surface area is 76.0 Å². The highest BCUT2D eigenvalue weighted by Crippen LogP contribution is 2.07. The van der Waals surface area contributed by atoms with Crippen molar-refractivity contribution in [3.8, 4) is 0 Å². The molecule has 0 aliphatic heterocycles. The molecule has 0 bridgehead atoms. The fourth-order valence-corrected chi connectivity index (χ4v) is 2.34. The summed E-state index contributed by atoms with van der Waals surface area (Å²) in [6, 6.07) is 8.31. The van der Waals surface area contributed by atoms with Crippen LogP contribution in [0.4, 0.5) is 0 Å². The second kappa shape index (κ2) is 4.23. The Hall–Kier alpha value is -0.863. The van der Waals surface area contributed by atoms with E-state index in [1.165, 1.54) is 10.8 Å². The maximum atomic E-state index is 5.22. The molecular weight excluding hydrogens is 164 g/mol. The van der Waals surface area contributed by atoms with Crippen LogP contribution in [0.15, 0.2) is 30.8 Å². The van der Waals surface area contributed by atoms with Gasteiger partial charge in [-0.05, 0) is 17.7 Å². The van der Waals surface area contributed by atoms with Crippen molar-refractivity contribution < 1.29 is 4.43 Å². The summed E-state index contributed by atoms with van der Waals surface area (Å²) >= 11 is 0. The minimum absolute atomic E-state index is 0.534. The van der Waals surface area contributed by atoms with Crippen molar-refractivity contribution in [2.24, 2.45) is 0 Å². The van der Waals surface area contributed by atoms with Crippen molar-refractivity contribution in [1.29, 1.82) is 0 Å². The van der Waals surface area contributed by atoms with Gasteiger partial charge in [0.15, 0.2) is 9.76 Å². The Morgan fingerprint density at radius 2 is 2.08 bits per heavy atom. The van der Waals surface area contributed by atoms with Crippen LogP contribution in [0.1, 0.15) is 12.5 Å². The van der Waals surface area contributed by atoms with Gasteiger partial charge in [0.25, 0.3) is 0 Å². The molecule has 1 aromatic carbocycles. The van der Waals surface area contributed by atoms with Gasteiger partial charge in [0.05, 0.1) is 0 Å². The third kappa shape index (κ3) is 2.06. The zero-order valence-electron chi connectivity index (χ0n) is 7.63. The lowest BCUT2D eigenvalue weighted by Crippen LogP contribution is -2.19. The first-order valence-electron chi connectivity index (χ1n) is 3.98. The molecule has 0 heterocycles. The topological polar surface area (TPSA) is 9.23 Å². The van der Waals surface area contributed by atoms with E-state index in [1.54, 1.807) is 7.11 Å². The van der Waals surface area contributed by atoms with Crippen molar-refractivity contribution in [3.05, 3.63) is 36.4 Å². The van der Waals surface area contributed by atoms with Crippen molar-refractivity contribution in [3.63, 3.8) is 0 Å². The van der Waals surface area contributed by atoms with E-state index in [4.69, 9.17) is 4.43 Å². The van der Waals surface area contributed by atoms with Gasteiger partial charge in [-0.3, -0.25) is 0 Å². The van der Waals surface area contributed by atoms with Gasteiger partial charge >= 0.3 is 0 Å². The Morgan fingerprint density at radius 3 is 2.67 bits per heavy atom. The lowest BCUT2D eigenvalue weighted by atomic mass is 10.1. The van der Waals surface area contributed by atoms with E-state index in [2.05, 4.69) is 18.7 Å². The quantitative estimate of drug-likeness (QED) is 0.629. The van der Waals surface area contributed by atoms with Crippen LogP contribution in [0, 0.1) is 0 Å². The summed E-state index contributed by atoms with van der Waals surface area (Å²) in [6.45, 7) is 5.97. The molecule has 0 amide bonds. The summed E-state index contributed by atoms with van der Waals surface area (Å²) in [6.07, 6.45) is 0. The standard InChI is InChI=1S/C10H14OSi/c1-8(2)9-6-4-5-7-10(9)12-11-3/h4-7H,1,12H2,2-3H3. The smallest absolute Gasteiger partial charge is 0.192 e. The second-order valence-electron chi connectivity index (χ2n) is 2.87. The number of hydrogen-bond acceptors (Lipinski definition) is 1. The Balaban J connectivity index is 3.00. The molecule has 0 aliphatic carbocycles. The third-order valence-corrected chi connectivity index (χ3v) is 2.99. The molecule has 0 spiro atoms. The van der Waals surface area contributed by atoms with Crippen LogP contribution >= 0.6 is 0 Å². The summed E-state index contributed by atoms with van der Waals surface area (Å²) in [5.41, 5.74) is 2.38. The van der Waals surface area contributed by atoms with Crippen LogP contribution in [0.3, 0.4) is 0 Å². The summed E-state index contributed by atoms with van der Waals surface area (Å²) in [7, 11) is 1.23. The predicted octanol–water partition coefficient (Wildman–Crippen LogP) is 1.08. The summed E-state index contributed by atoms with van der Waals surface area (Å²) < 4.78 is 5.22. The van der Waals surface area contributed by atoms with Crippen molar-refractivity contribution >= 4 is 20.5 Å². The molecule has 0 fully saturated rings. The molecule has 2 heteroatoms. The molecule has 0 saturated heterocycles. The highest BCUT2D eigenvalue weighted by Gasteiger charge is 2.00. The lowest BCUT2D eigenvalue weighted by molar-refractivity contribution is 0.450. The minimum atomic E-state index is -0.534. The van der Waals surface area contributed by atoms with Gasteiger partial charge in [-0.15, -0.1) is 0 Å². The molecule has 1 rings (SSSR count). The molecule has 12 heavy (non-hydrogen) atoms. The molecule has 0 unspecified atom stereocenters. The van der Waals surface area contributed by atoms with Crippen LogP contribution in [0.25, 0.3) is 5.57 Å². The number of rotatable bonds is 3. The minimum Gasteiger partial charge on any atom is -0.422 e. The summed E-state index contributed by atoms with van der Waals surface area (Å²) in [5.74, 6) is 0. The zero-order valence-corrected chi connectivity index (χ0v) is 9.05. The third-order valence-electron chi connectivity index (χ3n) is 1.78. The van der Waals surface area contributed by atoms with Gasteiger partial charge in [0.1, 0.15) is 0 Å². The van der Waals surface area contributed by atoms with Gasteiger partial charge in [-0.2, -0.15) is 0 Å². The average molecular weight is 178 g/mol. The molecule has 1 nitrogen and oxygen atoms in total. The van der Waals surface area contributed by atoms with Crippen LogP contribution < -0.4 is 5.19 Å². The zero-order chi connectivity index (χ0) is 8.97. The molecule has 0 atom stereocenters. The molecule has 0 aliphatic rings. The molecule has 0 radical (unpaired) electrons. The maximum Gasteiger partial charge on any atom is 0.192 e. The first kappa shape index (κ1) is 9.23. The fraction of sp³-hybridized carbons (Fsp3) is 0.200. The monoisotopic (exact) mass is 178 g/mol. The van der Waals surface area contributed by atoms with Crippen molar-refractivity contribution in [1.82, 2.24) is 0 Å². The van der Waals surface area contributed by atoms with Gasteiger partial charge in [0.2, 0.25) is 0 Å². The number of hydrogen-bond donors (Lipinski definition) is 0. The molecule has 0 N–H and O–H groups in total. The molecular formula is C10H14OSi. The van der Waals surface area contributed by atoms with Crippen LogP contribution in [0.2, 0.25) is 0 Å². The molecule has 64 valence electrons. The summed E-state index contributed by atoms with van der Waals surface area (Å²) in [5, 5.41) is 1.34. The van der Waals surface area contributed by atoms with Gasteiger partial charge in [0, 0.05) is 7.11 Å². The van der Waals surface area contributed by atoms with Gasteiger partial charge in [-0.1, -0.05) is 36.4 Å². The highest BCUT2D eigenvalue weighted by molar-refractivity contribution is 6.48. The van der Waals surface area contributed by atoms with E-state index in [-0.39, 0.29) is 0 Å². The van der Waals surface area contributed by atoms with E-state index in [0.29, 0.717) is 0 Å². The van der Waals surface area contributed by atoms with Crippen LogP contribution in [-0.2, 0) is 4.43 Å². The summed E-state index contributed by atoms with van der Waals surface area (Å²) in [4.78, 5) is 0. The second-order valence-corrected chi connectivity index (χ2v) is 4.50. The number of benzene rings is 1. The largest absolute Gasteiger partial charge is 0.422 e. The Morgan fingerprint density at radius 1 is 1.42 bits per heavy atom. The highest BCUT2D eigenvalue weighted by atomic mass is 28.2. The first-order chi connectivity index (χ1) is 5.75. The molecule has 0 aromatic heterocycles. The Kier molecular flexibility index (Phi) is 3.26. The predicted molar refractivity (Wildman–Crippen MR) is 56.3 cm³/mol. The van der Waals surface area contributed by atoms with E-state index in [1.807, 2.05) is 19.1 Å². The SMILES string of the molecule is C=C(C)c1ccccc1[SiH2]OC. The molecule has 1 aromatic rings. The van der Waals surface area contributed by atoms with Gasteiger partial charge in [-0.25, -0.2) is 0 Å².